The molecule has 1 saturated heterocycles. The third kappa shape index (κ3) is 2.51. The van der Waals surface area contributed by atoms with E-state index in [2.05, 4.69) is 19.1 Å². The zero-order chi connectivity index (χ0) is 13.2. The number of para-hydroxylation sites is 1. The molecule has 102 valence electrons. The fourth-order valence-corrected chi connectivity index (χ4v) is 3.08. The largest absolute Gasteiger partial charge is 0.370 e. The number of fused-ring (bicyclic) bond motifs is 1. The maximum absolute atomic E-state index is 12.6. The number of nitrogens with one attached hydrogen (secondary N) is 1. The Balaban J connectivity index is 1.72. The third-order valence-electron chi connectivity index (χ3n) is 4.08. The van der Waals surface area contributed by atoms with Gasteiger partial charge in [-0.2, -0.15) is 0 Å². The maximum Gasteiger partial charge on any atom is 0.282 e. The molecule has 0 radical (unpaired) electrons. The predicted octanol–water partition coefficient (Wildman–Crippen LogP) is -0.121. The summed E-state index contributed by atoms with van der Waals surface area (Å²) in [4.78, 5) is 15.9. The Labute approximate surface area is 113 Å². The van der Waals surface area contributed by atoms with Crippen molar-refractivity contribution in [2.24, 2.45) is 0 Å². The molecule has 2 aliphatic rings. The highest BCUT2D eigenvalue weighted by Crippen LogP contribution is 2.31. The van der Waals surface area contributed by atoms with Crippen molar-refractivity contribution in [1.82, 2.24) is 0 Å². The molecule has 1 aromatic carbocycles. The van der Waals surface area contributed by atoms with E-state index in [0.29, 0.717) is 6.54 Å². The van der Waals surface area contributed by atoms with Gasteiger partial charge in [-0.15, -0.1) is 0 Å². The van der Waals surface area contributed by atoms with E-state index in [1.807, 2.05) is 17.0 Å². The average molecular weight is 261 g/mol. The Kier molecular flexibility index (Phi) is 3.53. The molecule has 19 heavy (non-hydrogen) atoms. The quantitative estimate of drug-likeness (QED) is 0.805. The van der Waals surface area contributed by atoms with E-state index in [-0.39, 0.29) is 11.9 Å². The number of hydrogen-bond acceptors (Lipinski definition) is 2. The fourth-order valence-electron chi connectivity index (χ4n) is 3.08. The number of ether oxygens (including phenoxy) is 1. The van der Waals surface area contributed by atoms with Gasteiger partial charge in [0.2, 0.25) is 0 Å². The molecule has 0 spiro atoms. The van der Waals surface area contributed by atoms with E-state index >= 15 is 0 Å². The van der Waals surface area contributed by atoms with Crippen LogP contribution in [0.5, 0.6) is 0 Å². The van der Waals surface area contributed by atoms with Crippen molar-refractivity contribution in [3.8, 4) is 0 Å². The van der Waals surface area contributed by atoms with Crippen LogP contribution in [0.1, 0.15) is 12.5 Å². The van der Waals surface area contributed by atoms with E-state index in [1.165, 1.54) is 10.5 Å². The Bertz CT molecular complexity index is 469. The lowest BCUT2D eigenvalue weighted by atomic mass is 10.1. The smallest absolute Gasteiger partial charge is 0.282 e. The van der Waals surface area contributed by atoms with Crippen LogP contribution in [0.4, 0.5) is 5.69 Å². The second kappa shape index (κ2) is 5.31. The number of quaternary nitrogens is 1. The van der Waals surface area contributed by atoms with Crippen LogP contribution < -0.4 is 9.80 Å². The number of nitrogens with zero attached hydrogens (tertiary/aromatic N) is 1. The molecule has 1 fully saturated rings. The van der Waals surface area contributed by atoms with Crippen molar-refractivity contribution in [3.05, 3.63) is 29.8 Å². The van der Waals surface area contributed by atoms with Crippen LogP contribution in [-0.2, 0) is 16.0 Å². The summed E-state index contributed by atoms with van der Waals surface area (Å²) >= 11 is 0. The standard InChI is InChI=1S/C15H20N2O2/c1-12-10-13-4-2-3-5-14(13)17(12)15(18)11-16-6-8-19-9-7-16/h2-5,12H,6-11H2,1H3/p+1/t12-/m0/s1. The molecule has 0 unspecified atom stereocenters. The fraction of sp³-hybridized carbons (Fsp3) is 0.533. The summed E-state index contributed by atoms with van der Waals surface area (Å²) in [5.41, 5.74) is 2.40. The van der Waals surface area contributed by atoms with Gasteiger partial charge in [0.15, 0.2) is 6.54 Å². The first-order valence-electron chi connectivity index (χ1n) is 7.07. The SMILES string of the molecule is C[C@H]1Cc2ccccc2N1C(=O)C[NH+]1CCOCC1. The molecular formula is C15H21N2O2+. The topological polar surface area (TPSA) is 34.0 Å². The lowest BCUT2D eigenvalue weighted by Gasteiger charge is -2.27. The summed E-state index contributed by atoms with van der Waals surface area (Å²) in [6.07, 6.45) is 0.973. The van der Waals surface area contributed by atoms with Crippen LogP contribution in [0.25, 0.3) is 0 Å². The summed E-state index contributed by atoms with van der Waals surface area (Å²) < 4.78 is 5.34. The predicted molar refractivity (Wildman–Crippen MR) is 73.5 cm³/mol. The number of rotatable bonds is 2. The molecular weight excluding hydrogens is 240 g/mol. The van der Waals surface area contributed by atoms with Crippen molar-refractivity contribution in [2.75, 3.05) is 37.7 Å². The summed E-state index contributed by atoms with van der Waals surface area (Å²) in [5, 5.41) is 0. The monoisotopic (exact) mass is 261 g/mol. The Hall–Kier alpha value is -1.39. The third-order valence-corrected chi connectivity index (χ3v) is 4.08. The molecule has 3 rings (SSSR count). The highest BCUT2D eigenvalue weighted by atomic mass is 16.5. The molecule has 0 bridgehead atoms. The van der Waals surface area contributed by atoms with Gasteiger partial charge in [0, 0.05) is 11.7 Å². The highest BCUT2D eigenvalue weighted by Gasteiger charge is 2.32. The number of amides is 1. The summed E-state index contributed by atoms with van der Waals surface area (Å²) in [5.74, 6) is 0.245. The van der Waals surface area contributed by atoms with Crippen LogP contribution in [-0.4, -0.2) is 44.8 Å². The van der Waals surface area contributed by atoms with E-state index < -0.39 is 0 Å². The Morgan fingerprint density at radius 3 is 2.89 bits per heavy atom. The minimum atomic E-state index is 0.245. The van der Waals surface area contributed by atoms with Gasteiger partial charge < -0.3 is 14.5 Å². The van der Waals surface area contributed by atoms with Crippen molar-refractivity contribution in [2.45, 2.75) is 19.4 Å². The molecule has 2 aliphatic heterocycles. The first-order valence-corrected chi connectivity index (χ1v) is 7.07. The highest BCUT2D eigenvalue weighted by molar-refractivity contribution is 5.96. The van der Waals surface area contributed by atoms with Gasteiger partial charge in [0.25, 0.3) is 5.91 Å². The molecule has 1 N–H and O–H groups in total. The average Bonchev–Trinajstić information content (AvgIpc) is 2.75. The number of morpholine rings is 1. The Morgan fingerprint density at radius 2 is 2.11 bits per heavy atom. The van der Waals surface area contributed by atoms with E-state index in [0.717, 1.165) is 38.4 Å². The lowest BCUT2D eigenvalue weighted by Crippen LogP contribution is -3.15. The Morgan fingerprint density at radius 1 is 1.37 bits per heavy atom. The van der Waals surface area contributed by atoms with E-state index in [9.17, 15) is 4.79 Å². The van der Waals surface area contributed by atoms with Crippen molar-refractivity contribution >= 4 is 11.6 Å². The number of carbonyl (C=O) groups is 1. The first kappa shape index (κ1) is 12.6. The van der Waals surface area contributed by atoms with Crippen LogP contribution >= 0.6 is 0 Å². The van der Waals surface area contributed by atoms with Crippen LogP contribution in [0.3, 0.4) is 0 Å². The number of carbonyl (C=O) groups excluding carboxylic acids is 1. The van der Waals surface area contributed by atoms with Crippen molar-refractivity contribution in [3.63, 3.8) is 0 Å². The zero-order valence-corrected chi connectivity index (χ0v) is 11.4. The minimum Gasteiger partial charge on any atom is -0.370 e. The first-order chi connectivity index (χ1) is 9.25. The van der Waals surface area contributed by atoms with Gasteiger partial charge >= 0.3 is 0 Å². The molecule has 1 atom stereocenters. The van der Waals surface area contributed by atoms with Crippen LogP contribution in [0.15, 0.2) is 24.3 Å². The molecule has 4 heteroatoms. The molecule has 2 heterocycles. The molecule has 0 aliphatic carbocycles. The summed E-state index contributed by atoms with van der Waals surface area (Å²) in [6.45, 7) is 6.14. The van der Waals surface area contributed by atoms with Crippen LogP contribution in [0.2, 0.25) is 0 Å². The van der Waals surface area contributed by atoms with Gasteiger partial charge in [-0.3, -0.25) is 4.79 Å². The van der Waals surface area contributed by atoms with E-state index in [4.69, 9.17) is 4.74 Å². The summed E-state index contributed by atoms with van der Waals surface area (Å²) in [6, 6.07) is 8.53. The molecule has 0 aromatic heterocycles. The number of benzene rings is 1. The molecule has 0 saturated carbocycles. The van der Waals surface area contributed by atoms with Gasteiger partial charge in [-0.25, -0.2) is 0 Å². The van der Waals surface area contributed by atoms with Crippen LogP contribution in [0, 0.1) is 0 Å². The summed E-state index contributed by atoms with van der Waals surface area (Å²) in [7, 11) is 0. The van der Waals surface area contributed by atoms with Gasteiger partial charge in [0.05, 0.1) is 13.2 Å². The zero-order valence-electron chi connectivity index (χ0n) is 11.4. The molecule has 1 amide bonds. The van der Waals surface area contributed by atoms with E-state index in [1.54, 1.807) is 0 Å². The minimum absolute atomic E-state index is 0.245. The second-order valence-electron chi connectivity index (χ2n) is 5.48. The van der Waals surface area contributed by atoms with Crippen molar-refractivity contribution < 1.29 is 14.4 Å². The van der Waals surface area contributed by atoms with Gasteiger partial charge in [-0.1, -0.05) is 18.2 Å². The number of anilines is 1. The second-order valence-corrected chi connectivity index (χ2v) is 5.48. The normalized spacial score (nSPS) is 23.4. The lowest BCUT2D eigenvalue weighted by molar-refractivity contribution is -0.900. The maximum atomic E-state index is 12.6. The van der Waals surface area contributed by atoms with Crippen molar-refractivity contribution in [1.29, 1.82) is 0 Å². The number of hydrogen-bond donors (Lipinski definition) is 1. The molecule has 1 aromatic rings. The van der Waals surface area contributed by atoms with Gasteiger partial charge in [0.1, 0.15) is 13.1 Å². The molecule has 4 nitrogen and oxygen atoms in total. The van der Waals surface area contributed by atoms with Gasteiger partial charge in [-0.05, 0) is 25.0 Å².